The highest BCUT2D eigenvalue weighted by atomic mass is 35.5. The molecule has 0 radical (unpaired) electrons. The quantitative estimate of drug-likeness (QED) is 0.761. The number of nitriles is 1. The molecule has 0 saturated heterocycles. The summed E-state index contributed by atoms with van der Waals surface area (Å²) < 4.78 is 0. The van der Waals surface area contributed by atoms with Crippen molar-refractivity contribution in [3.8, 4) is 17.2 Å². The van der Waals surface area contributed by atoms with Gasteiger partial charge < -0.3 is 0 Å². The standard InChI is InChI=1S/C13H7ClN2O/c14-11-2-4-13(10(5-11)8-17)9-1-3-12(6-15)16-7-9/h1-5,7-8H. The molecule has 0 aliphatic rings. The summed E-state index contributed by atoms with van der Waals surface area (Å²) in [6.45, 7) is 0. The zero-order valence-electron chi connectivity index (χ0n) is 8.72. The monoisotopic (exact) mass is 242 g/mol. The lowest BCUT2D eigenvalue weighted by Crippen LogP contribution is -1.89. The van der Waals surface area contributed by atoms with Gasteiger partial charge in [-0.3, -0.25) is 4.79 Å². The van der Waals surface area contributed by atoms with Crippen LogP contribution in [0.15, 0.2) is 36.5 Å². The Hall–Kier alpha value is -2.18. The van der Waals surface area contributed by atoms with E-state index in [-0.39, 0.29) is 0 Å². The van der Waals surface area contributed by atoms with Gasteiger partial charge >= 0.3 is 0 Å². The Kier molecular flexibility index (Phi) is 3.17. The predicted molar refractivity (Wildman–Crippen MR) is 64.8 cm³/mol. The molecule has 2 rings (SSSR count). The van der Waals surface area contributed by atoms with Crippen LogP contribution in [0.5, 0.6) is 0 Å². The molecule has 1 heterocycles. The molecule has 0 saturated carbocycles. The molecule has 0 fully saturated rings. The molecule has 0 aliphatic carbocycles. The molecule has 0 unspecified atom stereocenters. The van der Waals surface area contributed by atoms with Crippen LogP contribution in [-0.2, 0) is 0 Å². The SMILES string of the molecule is N#Cc1ccc(-c2ccc(Cl)cc2C=O)cn1. The maximum absolute atomic E-state index is 10.9. The number of halogens is 1. The minimum Gasteiger partial charge on any atom is -0.298 e. The zero-order valence-corrected chi connectivity index (χ0v) is 9.48. The van der Waals surface area contributed by atoms with E-state index in [9.17, 15) is 4.79 Å². The van der Waals surface area contributed by atoms with Crippen molar-refractivity contribution in [1.82, 2.24) is 4.98 Å². The van der Waals surface area contributed by atoms with E-state index in [4.69, 9.17) is 16.9 Å². The molecule has 4 heteroatoms. The van der Waals surface area contributed by atoms with Crippen LogP contribution >= 0.6 is 11.6 Å². The number of hydrogen-bond acceptors (Lipinski definition) is 3. The third-order valence-corrected chi connectivity index (χ3v) is 2.56. The van der Waals surface area contributed by atoms with Gasteiger partial charge in [-0.2, -0.15) is 5.26 Å². The summed E-state index contributed by atoms with van der Waals surface area (Å²) in [5, 5.41) is 9.16. The normalized spacial score (nSPS) is 9.65. The van der Waals surface area contributed by atoms with Gasteiger partial charge in [-0.15, -0.1) is 0 Å². The Balaban J connectivity index is 2.52. The number of pyridine rings is 1. The van der Waals surface area contributed by atoms with Crippen LogP contribution in [0.4, 0.5) is 0 Å². The molecular formula is C13H7ClN2O. The fourth-order valence-electron chi connectivity index (χ4n) is 1.51. The van der Waals surface area contributed by atoms with Gasteiger partial charge in [0.25, 0.3) is 0 Å². The van der Waals surface area contributed by atoms with Gasteiger partial charge in [-0.1, -0.05) is 17.7 Å². The molecule has 0 N–H and O–H groups in total. The van der Waals surface area contributed by atoms with Gasteiger partial charge in [0.1, 0.15) is 11.8 Å². The first kappa shape index (κ1) is 11.3. The lowest BCUT2D eigenvalue weighted by molar-refractivity contribution is 0.112. The smallest absolute Gasteiger partial charge is 0.150 e. The summed E-state index contributed by atoms with van der Waals surface area (Å²) in [6, 6.07) is 10.4. The van der Waals surface area contributed by atoms with Gasteiger partial charge in [0.15, 0.2) is 6.29 Å². The van der Waals surface area contributed by atoms with Crippen LogP contribution in [0.3, 0.4) is 0 Å². The third-order valence-electron chi connectivity index (χ3n) is 2.33. The van der Waals surface area contributed by atoms with E-state index in [0.29, 0.717) is 16.3 Å². The van der Waals surface area contributed by atoms with Crippen molar-refractivity contribution < 1.29 is 4.79 Å². The van der Waals surface area contributed by atoms with Crippen molar-refractivity contribution in [2.24, 2.45) is 0 Å². The Labute approximate surface area is 103 Å². The average molecular weight is 243 g/mol. The second-order valence-electron chi connectivity index (χ2n) is 3.39. The minimum absolute atomic E-state index is 0.343. The van der Waals surface area contributed by atoms with Crippen molar-refractivity contribution in [2.45, 2.75) is 0 Å². The predicted octanol–water partition coefficient (Wildman–Crippen LogP) is 3.09. The highest BCUT2D eigenvalue weighted by molar-refractivity contribution is 6.31. The molecular weight excluding hydrogens is 236 g/mol. The fraction of sp³-hybridized carbons (Fsp3) is 0. The van der Waals surface area contributed by atoms with E-state index in [0.717, 1.165) is 17.4 Å². The number of hydrogen-bond donors (Lipinski definition) is 0. The number of nitrogens with zero attached hydrogens (tertiary/aromatic N) is 2. The fourth-order valence-corrected chi connectivity index (χ4v) is 1.69. The number of carbonyl (C=O) groups is 1. The van der Waals surface area contributed by atoms with Crippen molar-refractivity contribution in [2.75, 3.05) is 0 Å². The number of aromatic nitrogens is 1. The average Bonchev–Trinajstić information content (AvgIpc) is 2.39. The van der Waals surface area contributed by atoms with Gasteiger partial charge in [0, 0.05) is 22.3 Å². The highest BCUT2D eigenvalue weighted by Gasteiger charge is 2.05. The lowest BCUT2D eigenvalue weighted by Gasteiger charge is -2.04. The molecule has 82 valence electrons. The van der Waals surface area contributed by atoms with Crippen molar-refractivity contribution in [1.29, 1.82) is 5.26 Å². The zero-order chi connectivity index (χ0) is 12.3. The molecule has 2 aromatic rings. The third kappa shape index (κ3) is 2.32. The second kappa shape index (κ2) is 4.77. The molecule has 3 nitrogen and oxygen atoms in total. The van der Waals surface area contributed by atoms with Crippen LogP contribution < -0.4 is 0 Å². The first-order valence-corrected chi connectivity index (χ1v) is 5.23. The summed E-state index contributed by atoms with van der Waals surface area (Å²) in [5.74, 6) is 0. The van der Waals surface area contributed by atoms with Crippen LogP contribution in [0.1, 0.15) is 16.1 Å². The summed E-state index contributed by atoms with van der Waals surface area (Å²) in [6.07, 6.45) is 2.31. The molecule has 17 heavy (non-hydrogen) atoms. The summed E-state index contributed by atoms with van der Waals surface area (Å²) in [7, 11) is 0. The first-order chi connectivity index (χ1) is 8.24. The molecule has 0 spiro atoms. The highest BCUT2D eigenvalue weighted by Crippen LogP contribution is 2.24. The van der Waals surface area contributed by atoms with Gasteiger partial charge in [-0.05, 0) is 29.8 Å². The van der Waals surface area contributed by atoms with Gasteiger partial charge in [0.05, 0.1) is 0 Å². The molecule has 0 amide bonds. The number of aldehydes is 1. The Morgan fingerprint density at radius 3 is 2.71 bits per heavy atom. The first-order valence-electron chi connectivity index (χ1n) is 4.86. The maximum Gasteiger partial charge on any atom is 0.150 e. The molecule has 1 aromatic heterocycles. The van der Waals surface area contributed by atoms with Gasteiger partial charge in [-0.25, -0.2) is 4.98 Å². The minimum atomic E-state index is 0.343. The van der Waals surface area contributed by atoms with Crippen molar-refractivity contribution >= 4 is 17.9 Å². The van der Waals surface area contributed by atoms with Crippen LogP contribution in [0.2, 0.25) is 5.02 Å². The summed E-state index contributed by atoms with van der Waals surface area (Å²) in [4.78, 5) is 14.9. The van der Waals surface area contributed by atoms with E-state index >= 15 is 0 Å². The van der Waals surface area contributed by atoms with E-state index in [2.05, 4.69) is 4.98 Å². The van der Waals surface area contributed by atoms with E-state index < -0.39 is 0 Å². The number of rotatable bonds is 2. The Morgan fingerprint density at radius 2 is 2.12 bits per heavy atom. The lowest BCUT2D eigenvalue weighted by atomic mass is 10.0. The number of carbonyl (C=O) groups excluding carboxylic acids is 1. The van der Waals surface area contributed by atoms with Crippen molar-refractivity contribution in [3.05, 3.63) is 52.8 Å². The van der Waals surface area contributed by atoms with Crippen molar-refractivity contribution in [3.63, 3.8) is 0 Å². The summed E-state index contributed by atoms with van der Waals surface area (Å²) >= 11 is 5.81. The van der Waals surface area contributed by atoms with E-state index in [1.165, 1.54) is 0 Å². The molecule has 0 atom stereocenters. The van der Waals surface area contributed by atoms with Gasteiger partial charge in [0.2, 0.25) is 0 Å². The summed E-state index contributed by atoms with van der Waals surface area (Å²) in [5.41, 5.74) is 2.38. The topological polar surface area (TPSA) is 53.8 Å². The van der Waals surface area contributed by atoms with Crippen LogP contribution in [0.25, 0.3) is 11.1 Å². The maximum atomic E-state index is 10.9. The van der Waals surface area contributed by atoms with Crippen LogP contribution in [-0.4, -0.2) is 11.3 Å². The number of benzene rings is 1. The Bertz CT molecular complexity index is 600. The van der Waals surface area contributed by atoms with Crippen LogP contribution in [0, 0.1) is 11.3 Å². The largest absolute Gasteiger partial charge is 0.298 e. The second-order valence-corrected chi connectivity index (χ2v) is 3.83. The molecule has 1 aromatic carbocycles. The Morgan fingerprint density at radius 1 is 1.29 bits per heavy atom. The molecule has 0 bridgehead atoms. The molecule has 0 aliphatic heterocycles. The van der Waals surface area contributed by atoms with E-state index in [1.54, 1.807) is 36.5 Å². The van der Waals surface area contributed by atoms with E-state index in [1.807, 2.05) is 6.07 Å².